The van der Waals surface area contributed by atoms with Crippen molar-refractivity contribution in [3.63, 3.8) is 0 Å². The molecule has 22 heavy (non-hydrogen) atoms. The monoisotopic (exact) mass is 302 g/mol. The summed E-state index contributed by atoms with van der Waals surface area (Å²) >= 11 is 0. The zero-order valence-corrected chi connectivity index (χ0v) is 13.2. The average molecular weight is 302 g/mol. The zero-order chi connectivity index (χ0) is 16.3. The second-order valence-electron chi connectivity index (χ2n) is 6.25. The van der Waals surface area contributed by atoms with E-state index in [9.17, 15) is 15.2 Å². The molecule has 1 saturated heterocycles. The molecule has 5 nitrogen and oxygen atoms in total. The largest absolute Gasteiger partial charge is 0.468 e. The highest BCUT2D eigenvalue weighted by atomic mass is 16.5. The number of aliphatic hydroxyl groups is 1. The molecule has 1 aromatic rings. The molecule has 1 aliphatic rings. The number of methoxy groups -OCH3 is 1. The first-order chi connectivity index (χ1) is 10.4. The Labute approximate surface area is 131 Å². The summed E-state index contributed by atoms with van der Waals surface area (Å²) in [6, 6.07) is 9.63. The number of carbonyl (C=O) groups is 1. The lowest BCUT2D eigenvalue weighted by Crippen LogP contribution is -2.37. The van der Waals surface area contributed by atoms with E-state index in [2.05, 4.69) is 6.07 Å². The summed E-state index contributed by atoms with van der Waals surface area (Å²) in [7, 11) is 1.36. The van der Waals surface area contributed by atoms with Gasteiger partial charge in [0.2, 0.25) is 0 Å². The number of ether oxygens (including phenoxy) is 1. The Bertz CT molecular complexity index is 592. The van der Waals surface area contributed by atoms with Crippen molar-refractivity contribution >= 4 is 5.97 Å². The fraction of sp³-hybridized carbons (Fsp3) is 0.529. The van der Waals surface area contributed by atoms with Crippen LogP contribution in [-0.2, 0) is 21.5 Å². The van der Waals surface area contributed by atoms with Crippen molar-refractivity contribution in [3.05, 3.63) is 35.4 Å². The lowest BCUT2D eigenvalue weighted by molar-refractivity contribution is -0.146. The van der Waals surface area contributed by atoms with Crippen molar-refractivity contribution < 1.29 is 14.6 Å². The highest BCUT2D eigenvalue weighted by Gasteiger charge is 2.37. The number of rotatable bonds is 4. The van der Waals surface area contributed by atoms with Gasteiger partial charge in [-0.05, 0) is 25.0 Å². The van der Waals surface area contributed by atoms with Gasteiger partial charge in [0.1, 0.15) is 6.04 Å². The predicted molar refractivity (Wildman–Crippen MR) is 81.9 cm³/mol. The fourth-order valence-corrected chi connectivity index (χ4v) is 2.98. The van der Waals surface area contributed by atoms with Crippen molar-refractivity contribution in [1.82, 2.24) is 4.90 Å². The van der Waals surface area contributed by atoms with Crippen molar-refractivity contribution in [3.8, 4) is 6.07 Å². The van der Waals surface area contributed by atoms with Crippen LogP contribution in [0.4, 0.5) is 0 Å². The smallest absolute Gasteiger partial charge is 0.323 e. The summed E-state index contributed by atoms with van der Waals surface area (Å²) in [5.41, 5.74) is 1.34. The van der Waals surface area contributed by atoms with E-state index < -0.39 is 17.6 Å². The summed E-state index contributed by atoms with van der Waals surface area (Å²) in [5, 5.41) is 19.2. The molecule has 2 atom stereocenters. The first kappa shape index (κ1) is 16.5. The molecule has 1 heterocycles. The van der Waals surface area contributed by atoms with E-state index in [0.29, 0.717) is 19.5 Å². The number of carbonyl (C=O) groups excluding carboxylic acids is 1. The Morgan fingerprint density at radius 1 is 1.50 bits per heavy atom. The van der Waals surface area contributed by atoms with E-state index >= 15 is 0 Å². The van der Waals surface area contributed by atoms with Gasteiger partial charge in [-0.1, -0.05) is 24.3 Å². The van der Waals surface area contributed by atoms with Crippen LogP contribution < -0.4 is 0 Å². The standard InChI is InChI=1S/C17H22N2O3/c1-17(2,11-18)14-7-5-4-6-12(14)9-19-10-13(20)8-15(19)16(21)22-3/h4-7,13,15,20H,8-10H2,1-3H3/t13-,15+/m0/s1. The van der Waals surface area contributed by atoms with Crippen molar-refractivity contribution in [2.24, 2.45) is 0 Å². The maximum absolute atomic E-state index is 11.9. The molecule has 118 valence electrons. The molecule has 2 rings (SSSR count). The van der Waals surface area contributed by atoms with Gasteiger partial charge in [-0.2, -0.15) is 5.26 Å². The van der Waals surface area contributed by atoms with Crippen LogP contribution in [0.3, 0.4) is 0 Å². The number of benzene rings is 1. The molecule has 1 fully saturated rings. The topological polar surface area (TPSA) is 73.6 Å². The Hall–Kier alpha value is -1.90. The Balaban J connectivity index is 2.27. The van der Waals surface area contributed by atoms with Crippen molar-refractivity contribution in [1.29, 1.82) is 5.26 Å². The molecule has 0 spiro atoms. The van der Waals surface area contributed by atoms with Crippen LogP contribution in [0, 0.1) is 11.3 Å². The second-order valence-corrected chi connectivity index (χ2v) is 6.25. The van der Waals surface area contributed by atoms with Crippen LogP contribution in [0.15, 0.2) is 24.3 Å². The summed E-state index contributed by atoms with van der Waals surface area (Å²) < 4.78 is 4.83. The van der Waals surface area contributed by atoms with E-state index in [4.69, 9.17) is 4.74 Å². The third-order valence-corrected chi connectivity index (χ3v) is 4.20. The lowest BCUT2D eigenvalue weighted by atomic mass is 9.83. The van der Waals surface area contributed by atoms with E-state index in [0.717, 1.165) is 11.1 Å². The van der Waals surface area contributed by atoms with Gasteiger partial charge in [0.05, 0.1) is 24.7 Å². The van der Waals surface area contributed by atoms with E-state index in [1.165, 1.54) is 7.11 Å². The number of likely N-dealkylation sites (tertiary alicyclic amines) is 1. The maximum atomic E-state index is 11.9. The van der Waals surface area contributed by atoms with Crippen LogP contribution in [0.25, 0.3) is 0 Å². The minimum absolute atomic E-state index is 0.325. The molecule has 0 bridgehead atoms. The van der Waals surface area contributed by atoms with Crippen molar-refractivity contribution in [2.75, 3.05) is 13.7 Å². The summed E-state index contributed by atoms with van der Waals surface area (Å²) in [6.45, 7) is 4.70. The summed E-state index contributed by atoms with van der Waals surface area (Å²) in [6.07, 6.45) is -0.142. The SMILES string of the molecule is COC(=O)[C@H]1C[C@H](O)CN1Cc1ccccc1C(C)(C)C#N. The highest BCUT2D eigenvalue weighted by molar-refractivity contribution is 5.76. The van der Waals surface area contributed by atoms with Gasteiger partial charge in [0.25, 0.3) is 0 Å². The average Bonchev–Trinajstić information content (AvgIpc) is 2.87. The molecule has 0 saturated carbocycles. The first-order valence-electron chi connectivity index (χ1n) is 7.38. The lowest BCUT2D eigenvalue weighted by Gasteiger charge is -2.26. The van der Waals surface area contributed by atoms with Gasteiger partial charge < -0.3 is 9.84 Å². The first-order valence-corrected chi connectivity index (χ1v) is 7.38. The van der Waals surface area contributed by atoms with Crippen LogP contribution >= 0.6 is 0 Å². The van der Waals surface area contributed by atoms with Gasteiger partial charge in [-0.25, -0.2) is 0 Å². The highest BCUT2D eigenvalue weighted by Crippen LogP contribution is 2.29. The minimum atomic E-state index is -0.601. The number of hydrogen-bond acceptors (Lipinski definition) is 5. The molecule has 0 radical (unpaired) electrons. The minimum Gasteiger partial charge on any atom is -0.468 e. The second kappa shape index (κ2) is 6.47. The summed E-state index contributed by atoms with van der Waals surface area (Å²) in [5.74, 6) is -0.325. The number of esters is 1. The number of hydrogen-bond donors (Lipinski definition) is 1. The van der Waals surface area contributed by atoms with Crippen LogP contribution in [0.1, 0.15) is 31.4 Å². The Morgan fingerprint density at radius 2 is 2.18 bits per heavy atom. The number of nitrogens with zero attached hydrogens (tertiary/aromatic N) is 2. The molecule has 1 aromatic carbocycles. The van der Waals surface area contributed by atoms with Gasteiger partial charge in [-0.15, -0.1) is 0 Å². The summed E-state index contributed by atoms with van der Waals surface area (Å²) in [4.78, 5) is 13.8. The van der Waals surface area contributed by atoms with Gasteiger partial charge in [-0.3, -0.25) is 9.69 Å². The van der Waals surface area contributed by atoms with Crippen LogP contribution in [-0.4, -0.2) is 41.8 Å². The third-order valence-electron chi connectivity index (χ3n) is 4.20. The van der Waals surface area contributed by atoms with E-state index in [1.807, 2.05) is 43.0 Å². The number of nitriles is 1. The molecule has 5 heteroatoms. The molecular weight excluding hydrogens is 280 g/mol. The van der Waals surface area contributed by atoms with Gasteiger partial charge in [0.15, 0.2) is 0 Å². The molecule has 1 aliphatic heterocycles. The molecule has 0 aromatic heterocycles. The molecule has 0 aliphatic carbocycles. The zero-order valence-electron chi connectivity index (χ0n) is 13.2. The van der Waals surface area contributed by atoms with Crippen LogP contribution in [0.5, 0.6) is 0 Å². The molecule has 0 unspecified atom stereocenters. The third kappa shape index (κ3) is 3.29. The quantitative estimate of drug-likeness (QED) is 0.855. The van der Waals surface area contributed by atoms with E-state index in [1.54, 1.807) is 0 Å². The van der Waals surface area contributed by atoms with Gasteiger partial charge in [0, 0.05) is 19.5 Å². The van der Waals surface area contributed by atoms with Crippen LogP contribution in [0.2, 0.25) is 0 Å². The predicted octanol–water partition coefficient (Wildman–Crippen LogP) is 1.60. The fourth-order valence-electron chi connectivity index (χ4n) is 2.98. The maximum Gasteiger partial charge on any atom is 0.323 e. The van der Waals surface area contributed by atoms with Crippen molar-refractivity contribution in [2.45, 2.75) is 44.4 Å². The molecule has 1 N–H and O–H groups in total. The number of β-amino-alcohol motifs (C(OH)–C–C–N with tert-alkyl or cyclic N) is 1. The molecular formula is C17H22N2O3. The van der Waals surface area contributed by atoms with E-state index in [-0.39, 0.29) is 5.97 Å². The Kier molecular flexibility index (Phi) is 4.84. The molecule has 0 amide bonds. The van der Waals surface area contributed by atoms with Gasteiger partial charge >= 0.3 is 5.97 Å². The number of aliphatic hydroxyl groups excluding tert-OH is 1. The Morgan fingerprint density at radius 3 is 2.82 bits per heavy atom. The normalized spacial score (nSPS) is 22.3.